The van der Waals surface area contributed by atoms with Crippen molar-refractivity contribution in [2.24, 2.45) is 0 Å². The fraction of sp³-hybridized carbons (Fsp3) is 0.462. The monoisotopic (exact) mass is 284 g/mol. The number of hydrogen-bond acceptors (Lipinski definition) is 5. The molecule has 0 atom stereocenters. The summed E-state index contributed by atoms with van der Waals surface area (Å²) < 4.78 is 10.1. The SMILES string of the molecule is COCCSCCC(=O)Nc1ccc(N)cc1OC. The highest BCUT2D eigenvalue weighted by Crippen LogP contribution is 2.26. The molecule has 0 heterocycles. The molecule has 1 aromatic carbocycles. The second-order valence-electron chi connectivity index (χ2n) is 3.86. The quantitative estimate of drug-likeness (QED) is 0.564. The summed E-state index contributed by atoms with van der Waals surface area (Å²) in [7, 11) is 3.21. The molecule has 0 fully saturated rings. The van der Waals surface area contributed by atoms with Crippen molar-refractivity contribution in [1.29, 1.82) is 0 Å². The summed E-state index contributed by atoms with van der Waals surface area (Å²) in [5.74, 6) is 2.20. The lowest BCUT2D eigenvalue weighted by atomic mass is 10.2. The van der Waals surface area contributed by atoms with Crippen LogP contribution in [-0.2, 0) is 9.53 Å². The van der Waals surface area contributed by atoms with Crippen LogP contribution in [0.2, 0.25) is 0 Å². The molecule has 0 spiro atoms. The molecule has 0 aliphatic carbocycles. The van der Waals surface area contributed by atoms with Gasteiger partial charge in [0.15, 0.2) is 0 Å². The van der Waals surface area contributed by atoms with Crippen LogP contribution in [0.15, 0.2) is 18.2 Å². The number of amides is 1. The largest absolute Gasteiger partial charge is 0.494 e. The first-order valence-corrected chi connectivity index (χ1v) is 7.13. The molecule has 1 amide bonds. The van der Waals surface area contributed by atoms with Crippen LogP contribution in [0.25, 0.3) is 0 Å². The van der Waals surface area contributed by atoms with Gasteiger partial charge in [-0.05, 0) is 12.1 Å². The Balaban J connectivity index is 2.39. The average molecular weight is 284 g/mol. The highest BCUT2D eigenvalue weighted by molar-refractivity contribution is 7.99. The molecule has 0 radical (unpaired) electrons. The first-order chi connectivity index (χ1) is 9.17. The molecule has 0 unspecified atom stereocenters. The van der Waals surface area contributed by atoms with E-state index >= 15 is 0 Å². The number of carbonyl (C=O) groups is 1. The van der Waals surface area contributed by atoms with Crippen molar-refractivity contribution in [3.63, 3.8) is 0 Å². The Morgan fingerprint density at radius 3 is 2.84 bits per heavy atom. The lowest BCUT2D eigenvalue weighted by molar-refractivity contribution is -0.115. The summed E-state index contributed by atoms with van der Waals surface area (Å²) in [6, 6.07) is 5.15. The van der Waals surface area contributed by atoms with Gasteiger partial charge in [-0.15, -0.1) is 0 Å². The van der Waals surface area contributed by atoms with Crippen molar-refractivity contribution in [2.45, 2.75) is 6.42 Å². The van der Waals surface area contributed by atoms with Gasteiger partial charge in [-0.2, -0.15) is 11.8 Å². The number of ether oxygens (including phenoxy) is 2. The summed E-state index contributed by atoms with van der Waals surface area (Å²) in [6.07, 6.45) is 0.460. The highest BCUT2D eigenvalue weighted by atomic mass is 32.2. The number of nitrogens with two attached hydrogens (primary N) is 1. The van der Waals surface area contributed by atoms with E-state index in [0.717, 1.165) is 11.5 Å². The molecule has 19 heavy (non-hydrogen) atoms. The van der Waals surface area contributed by atoms with Crippen molar-refractivity contribution in [1.82, 2.24) is 0 Å². The zero-order valence-electron chi connectivity index (χ0n) is 11.3. The first kappa shape index (κ1) is 15.7. The highest BCUT2D eigenvalue weighted by Gasteiger charge is 2.07. The number of nitrogens with one attached hydrogen (secondary N) is 1. The van der Waals surface area contributed by atoms with Crippen molar-refractivity contribution < 1.29 is 14.3 Å². The fourth-order valence-electron chi connectivity index (χ4n) is 1.43. The Morgan fingerprint density at radius 2 is 2.16 bits per heavy atom. The Hall–Kier alpha value is -1.40. The third-order valence-electron chi connectivity index (χ3n) is 2.40. The van der Waals surface area contributed by atoms with Gasteiger partial charge in [-0.25, -0.2) is 0 Å². The Bertz CT molecular complexity index is 413. The minimum atomic E-state index is -0.0343. The number of carbonyl (C=O) groups excluding carboxylic acids is 1. The standard InChI is InChI=1S/C13H20N2O3S/c1-17-6-8-19-7-5-13(16)15-11-4-3-10(14)9-12(11)18-2/h3-4,9H,5-8,14H2,1-2H3,(H,15,16). The number of thioether (sulfide) groups is 1. The number of nitrogen functional groups attached to an aromatic ring is 1. The van der Waals surface area contributed by atoms with Gasteiger partial charge < -0.3 is 20.5 Å². The second kappa shape index (κ2) is 8.66. The van der Waals surface area contributed by atoms with Crippen LogP contribution < -0.4 is 15.8 Å². The van der Waals surface area contributed by atoms with Crippen LogP contribution >= 0.6 is 11.8 Å². The van der Waals surface area contributed by atoms with Crippen LogP contribution in [0.5, 0.6) is 5.75 Å². The summed E-state index contributed by atoms with van der Waals surface area (Å²) in [4.78, 5) is 11.8. The smallest absolute Gasteiger partial charge is 0.225 e. The molecule has 0 aliphatic rings. The van der Waals surface area contributed by atoms with E-state index < -0.39 is 0 Å². The van der Waals surface area contributed by atoms with E-state index in [1.165, 1.54) is 0 Å². The Kier molecular flexibility index (Phi) is 7.14. The molecule has 0 aromatic heterocycles. The molecule has 106 valence electrons. The van der Waals surface area contributed by atoms with E-state index in [1.807, 2.05) is 0 Å². The molecule has 0 saturated carbocycles. The van der Waals surface area contributed by atoms with Crippen molar-refractivity contribution in [3.05, 3.63) is 18.2 Å². The normalized spacial score (nSPS) is 10.2. The predicted octanol–water partition coefficient (Wildman–Crippen LogP) is 1.99. The molecular formula is C13H20N2O3S. The molecule has 5 nitrogen and oxygen atoms in total. The minimum Gasteiger partial charge on any atom is -0.494 e. The number of hydrogen-bond donors (Lipinski definition) is 2. The summed E-state index contributed by atoms with van der Waals surface area (Å²) in [5.41, 5.74) is 6.90. The van der Waals surface area contributed by atoms with Crippen LogP contribution in [0.4, 0.5) is 11.4 Å². The first-order valence-electron chi connectivity index (χ1n) is 5.97. The van der Waals surface area contributed by atoms with Crippen LogP contribution in [0.1, 0.15) is 6.42 Å². The maximum Gasteiger partial charge on any atom is 0.225 e. The number of benzene rings is 1. The molecule has 0 aliphatic heterocycles. The van der Waals surface area contributed by atoms with Gasteiger partial charge >= 0.3 is 0 Å². The van der Waals surface area contributed by atoms with Gasteiger partial charge in [0.25, 0.3) is 0 Å². The van der Waals surface area contributed by atoms with Gasteiger partial charge in [0.05, 0.1) is 19.4 Å². The summed E-state index contributed by atoms with van der Waals surface area (Å²) in [5, 5.41) is 2.82. The third-order valence-corrected chi connectivity index (χ3v) is 3.35. The third kappa shape index (κ3) is 5.85. The van der Waals surface area contributed by atoms with Crippen LogP contribution in [0.3, 0.4) is 0 Å². The van der Waals surface area contributed by atoms with E-state index in [9.17, 15) is 4.79 Å². The van der Waals surface area contributed by atoms with Crippen LogP contribution in [-0.4, -0.2) is 38.2 Å². The van der Waals surface area contributed by atoms with E-state index in [0.29, 0.717) is 30.2 Å². The van der Waals surface area contributed by atoms with Crippen LogP contribution in [0, 0.1) is 0 Å². The van der Waals surface area contributed by atoms with E-state index in [1.54, 1.807) is 44.2 Å². The van der Waals surface area contributed by atoms with E-state index in [-0.39, 0.29) is 5.91 Å². The molecule has 6 heteroatoms. The second-order valence-corrected chi connectivity index (χ2v) is 5.09. The van der Waals surface area contributed by atoms with Crippen molar-refractivity contribution >= 4 is 29.0 Å². The average Bonchev–Trinajstić information content (AvgIpc) is 2.40. The summed E-state index contributed by atoms with van der Waals surface area (Å²) >= 11 is 1.69. The predicted molar refractivity (Wildman–Crippen MR) is 79.9 cm³/mol. The molecular weight excluding hydrogens is 264 g/mol. The molecule has 0 saturated heterocycles. The minimum absolute atomic E-state index is 0.0343. The van der Waals surface area contributed by atoms with Gasteiger partial charge in [0.2, 0.25) is 5.91 Å². The topological polar surface area (TPSA) is 73.6 Å². The maximum absolute atomic E-state index is 11.8. The van der Waals surface area contributed by atoms with Crippen molar-refractivity contribution in [2.75, 3.05) is 43.4 Å². The van der Waals surface area contributed by atoms with E-state index in [4.69, 9.17) is 15.2 Å². The number of methoxy groups -OCH3 is 2. The lowest BCUT2D eigenvalue weighted by Crippen LogP contribution is -2.13. The molecule has 1 aromatic rings. The fourth-order valence-corrected chi connectivity index (χ4v) is 2.25. The number of anilines is 2. The molecule has 0 bridgehead atoms. The van der Waals surface area contributed by atoms with Gasteiger partial charge in [0.1, 0.15) is 5.75 Å². The summed E-state index contributed by atoms with van der Waals surface area (Å²) in [6.45, 7) is 0.706. The Morgan fingerprint density at radius 1 is 1.37 bits per heavy atom. The van der Waals surface area contributed by atoms with Gasteiger partial charge in [-0.1, -0.05) is 0 Å². The number of rotatable bonds is 8. The maximum atomic E-state index is 11.8. The zero-order chi connectivity index (χ0) is 14.1. The van der Waals surface area contributed by atoms with E-state index in [2.05, 4.69) is 5.32 Å². The van der Waals surface area contributed by atoms with Gasteiger partial charge in [0, 0.05) is 36.8 Å². The Labute approximate surface area is 117 Å². The van der Waals surface area contributed by atoms with Crippen molar-refractivity contribution in [3.8, 4) is 5.75 Å². The lowest BCUT2D eigenvalue weighted by Gasteiger charge is -2.10. The molecule has 1 rings (SSSR count). The zero-order valence-corrected chi connectivity index (χ0v) is 12.1. The van der Waals surface area contributed by atoms with Gasteiger partial charge in [-0.3, -0.25) is 4.79 Å². The molecule has 3 N–H and O–H groups in total.